The molecule has 1 radical (unpaired) electrons. The van der Waals surface area contributed by atoms with Gasteiger partial charge in [0.1, 0.15) is 0 Å². The molecule has 0 spiro atoms. The van der Waals surface area contributed by atoms with Gasteiger partial charge in [-0.2, -0.15) is 0 Å². The molecule has 0 bridgehead atoms. The van der Waals surface area contributed by atoms with E-state index in [9.17, 15) is 0 Å². The van der Waals surface area contributed by atoms with Crippen LogP contribution in [-0.4, -0.2) is 24.6 Å². The molecule has 1 aliphatic heterocycles. The van der Waals surface area contributed by atoms with Crippen LogP contribution in [0.3, 0.4) is 0 Å². The second kappa shape index (κ2) is 6.39. The van der Waals surface area contributed by atoms with Gasteiger partial charge in [-0.15, -0.1) is 0 Å². The number of nitrogens with zero attached hydrogens (tertiary/aromatic N) is 1. The summed E-state index contributed by atoms with van der Waals surface area (Å²) in [6.45, 7) is 7.70. The van der Waals surface area contributed by atoms with Gasteiger partial charge >= 0.3 is 0 Å². The maximum atomic E-state index is 5.69. The lowest BCUT2D eigenvalue weighted by Crippen LogP contribution is -2.34. The third kappa shape index (κ3) is 3.65. The largest absolute Gasteiger partial charge is 0.356 e. The van der Waals surface area contributed by atoms with Gasteiger partial charge < -0.3 is 4.74 Å². The molecule has 0 aliphatic carbocycles. The van der Waals surface area contributed by atoms with Crippen molar-refractivity contribution in [3.05, 3.63) is 6.23 Å². The van der Waals surface area contributed by atoms with Crippen LogP contribution in [0.15, 0.2) is 0 Å². The van der Waals surface area contributed by atoms with E-state index in [1.165, 1.54) is 31.9 Å². The summed E-state index contributed by atoms with van der Waals surface area (Å²) in [4.78, 5) is 2.42. The molecule has 0 amide bonds. The van der Waals surface area contributed by atoms with Gasteiger partial charge in [0.25, 0.3) is 0 Å². The van der Waals surface area contributed by atoms with Crippen molar-refractivity contribution in [2.45, 2.75) is 46.0 Å². The van der Waals surface area contributed by atoms with Crippen molar-refractivity contribution in [2.24, 2.45) is 0 Å². The Balaban J connectivity index is 2.32. The van der Waals surface area contributed by atoms with Crippen LogP contribution >= 0.6 is 0 Å². The SMILES string of the molecule is CCCN(CCC)[C]1CCCCO1. The third-order valence-corrected chi connectivity index (χ3v) is 2.39. The maximum absolute atomic E-state index is 5.69. The molecule has 2 nitrogen and oxygen atoms in total. The van der Waals surface area contributed by atoms with Crippen LogP contribution in [-0.2, 0) is 4.74 Å². The highest BCUT2D eigenvalue weighted by Crippen LogP contribution is 2.23. The zero-order valence-corrected chi connectivity index (χ0v) is 9.01. The van der Waals surface area contributed by atoms with Crippen molar-refractivity contribution in [3.8, 4) is 0 Å². The van der Waals surface area contributed by atoms with Crippen LogP contribution in [0.1, 0.15) is 46.0 Å². The Hall–Kier alpha value is -0.0800. The Morgan fingerprint density at radius 3 is 2.31 bits per heavy atom. The lowest BCUT2D eigenvalue weighted by Gasteiger charge is -2.32. The molecular formula is C11H22NO. The van der Waals surface area contributed by atoms with E-state index in [1.807, 2.05) is 0 Å². The van der Waals surface area contributed by atoms with E-state index >= 15 is 0 Å². The molecule has 77 valence electrons. The second-order valence-electron chi connectivity index (χ2n) is 3.69. The molecule has 1 aliphatic rings. The van der Waals surface area contributed by atoms with Gasteiger partial charge in [0.2, 0.25) is 0 Å². The summed E-state index contributed by atoms with van der Waals surface area (Å²) >= 11 is 0. The van der Waals surface area contributed by atoms with Crippen molar-refractivity contribution in [2.75, 3.05) is 19.7 Å². The minimum Gasteiger partial charge on any atom is -0.356 e. The third-order valence-electron chi connectivity index (χ3n) is 2.39. The summed E-state index contributed by atoms with van der Waals surface area (Å²) in [6, 6.07) is 0. The van der Waals surface area contributed by atoms with Crippen molar-refractivity contribution in [1.29, 1.82) is 0 Å². The number of hydrogen-bond donors (Lipinski definition) is 0. The molecule has 2 heteroatoms. The van der Waals surface area contributed by atoms with Gasteiger partial charge in [-0.25, -0.2) is 0 Å². The van der Waals surface area contributed by atoms with Gasteiger partial charge in [0, 0.05) is 19.7 Å². The van der Waals surface area contributed by atoms with E-state index in [-0.39, 0.29) is 0 Å². The first kappa shape index (κ1) is 11.0. The molecule has 0 aromatic carbocycles. The summed E-state index contributed by atoms with van der Waals surface area (Å²) in [5.74, 6) is 0. The zero-order valence-electron chi connectivity index (χ0n) is 9.01. The van der Waals surface area contributed by atoms with Gasteiger partial charge in [-0.3, -0.25) is 4.90 Å². The fourth-order valence-electron chi connectivity index (χ4n) is 1.79. The van der Waals surface area contributed by atoms with Crippen LogP contribution in [0.2, 0.25) is 0 Å². The minimum atomic E-state index is 0.930. The molecular weight excluding hydrogens is 162 g/mol. The van der Waals surface area contributed by atoms with Crippen molar-refractivity contribution < 1.29 is 4.74 Å². The summed E-state index contributed by atoms with van der Waals surface area (Å²) in [7, 11) is 0. The van der Waals surface area contributed by atoms with Crippen molar-refractivity contribution in [1.82, 2.24) is 4.90 Å². The fourth-order valence-corrected chi connectivity index (χ4v) is 1.79. The van der Waals surface area contributed by atoms with Gasteiger partial charge in [0.05, 0.1) is 0 Å². The van der Waals surface area contributed by atoms with E-state index < -0.39 is 0 Å². The highest BCUT2D eigenvalue weighted by atomic mass is 16.5. The van der Waals surface area contributed by atoms with Crippen LogP contribution in [0.5, 0.6) is 0 Å². The first-order valence-electron chi connectivity index (χ1n) is 5.62. The zero-order chi connectivity index (χ0) is 9.52. The van der Waals surface area contributed by atoms with Crippen LogP contribution in [0.4, 0.5) is 0 Å². The molecule has 13 heavy (non-hydrogen) atoms. The highest BCUT2D eigenvalue weighted by molar-refractivity contribution is 4.82. The first-order chi connectivity index (χ1) is 6.38. The van der Waals surface area contributed by atoms with Gasteiger partial charge in [-0.05, 0) is 32.1 Å². The quantitative estimate of drug-likeness (QED) is 0.651. The van der Waals surface area contributed by atoms with E-state index in [1.54, 1.807) is 0 Å². The molecule has 1 saturated heterocycles. The molecule has 0 atom stereocenters. The summed E-state index contributed by atoms with van der Waals surface area (Å²) < 4.78 is 5.69. The maximum Gasteiger partial charge on any atom is 0.164 e. The molecule has 1 fully saturated rings. The summed E-state index contributed by atoms with van der Waals surface area (Å²) in [5, 5.41) is 0. The highest BCUT2D eigenvalue weighted by Gasteiger charge is 2.21. The smallest absolute Gasteiger partial charge is 0.164 e. The first-order valence-corrected chi connectivity index (χ1v) is 5.62. The average Bonchev–Trinajstić information content (AvgIpc) is 2.19. The normalized spacial score (nSPS) is 19.6. The van der Waals surface area contributed by atoms with Crippen LogP contribution in [0, 0.1) is 6.23 Å². The Kier molecular flexibility index (Phi) is 5.40. The summed E-state index contributed by atoms with van der Waals surface area (Å²) in [6.07, 6.45) is 7.36. The average molecular weight is 184 g/mol. The van der Waals surface area contributed by atoms with Crippen molar-refractivity contribution >= 4 is 0 Å². The standard InChI is InChI=1S/C11H22NO/c1-3-8-12(9-4-2)11-7-5-6-10-13-11/h3-10H2,1-2H3. The Bertz CT molecular complexity index is 115. The molecule has 0 aromatic heterocycles. The Morgan fingerprint density at radius 2 is 1.85 bits per heavy atom. The summed E-state index contributed by atoms with van der Waals surface area (Å²) in [5.41, 5.74) is 0. The molecule has 1 heterocycles. The van der Waals surface area contributed by atoms with E-state index in [0.717, 1.165) is 26.1 Å². The number of ether oxygens (including phenoxy) is 1. The molecule has 0 unspecified atom stereocenters. The molecule has 0 saturated carbocycles. The lowest BCUT2D eigenvalue weighted by atomic mass is 10.1. The Morgan fingerprint density at radius 1 is 1.15 bits per heavy atom. The van der Waals surface area contributed by atoms with E-state index in [0.29, 0.717) is 0 Å². The van der Waals surface area contributed by atoms with Crippen molar-refractivity contribution in [3.63, 3.8) is 0 Å². The topological polar surface area (TPSA) is 12.5 Å². The predicted octanol–water partition coefficient (Wildman–Crippen LogP) is 2.80. The predicted molar refractivity (Wildman–Crippen MR) is 55.2 cm³/mol. The molecule has 0 aromatic rings. The van der Waals surface area contributed by atoms with Gasteiger partial charge in [0.15, 0.2) is 6.23 Å². The van der Waals surface area contributed by atoms with E-state index in [4.69, 9.17) is 4.74 Å². The van der Waals surface area contributed by atoms with Crippen LogP contribution in [0.25, 0.3) is 0 Å². The van der Waals surface area contributed by atoms with Crippen LogP contribution < -0.4 is 0 Å². The molecule has 1 rings (SSSR count). The lowest BCUT2D eigenvalue weighted by molar-refractivity contribution is 0.00369. The van der Waals surface area contributed by atoms with E-state index in [2.05, 4.69) is 18.7 Å². The molecule has 0 N–H and O–H groups in total. The number of rotatable bonds is 5. The second-order valence-corrected chi connectivity index (χ2v) is 3.69. The Labute approximate surface area is 82.3 Å². The van der Waals surface area contributed by atoms with Gasteiger partial charge in [-0.1, -0.05) is 13.8 Å². The fraction of sp³-hybridized carbons (Fsp3) is 0.909. The minimum absolute atomic E-state index is 0.930. The number of hydrogen-bond acceptors (Lipinski definition) is 2. The monoisotopic (exact) mass is 184 g/mol.